The number of carbonyl (C=O) groups is 1. The van der Waals surface area contributed by atoms with Gasteiger partial charge in [-0.15, -0.1) is 11.8 Å². The van der Waals surface area contributed by atoms with E-state index in [1.165, 1.54) is 18.9 Å². The van der Waals surface area contributed by atoms with Crippen LogP contribution in [0.5, 0.6) is 5.75 Å². The van der Waals surface area contributed by atoms with E-state index in [1.807, 2.05) is 12.1 Å². The Bertz CT molecular complexity index is 390. The van der Waals surface area contributed by atoms with Crippen LogP contribution in [0.15, 0.2) is 23.1 Å². The van der Waals surface area contributed by atoms with Gasteiger partial charge in [0.15, 0.2) is 0 Å². The van der Waals surface area contributed by atoms with Gasteiger partial charge in [0.1, 0.15) is 5.75 Å². The van der Waals surface area contributed by atoms with Gasteiger partial charge in [0.05, 0.1) is 26.1 Å². The van der Waals surface area contributed by atoms with E-state index in [9.17, 15) is 9.90 Å². The molecular weight excluding hydrogens is 240 g/mol. The highest BCUT2D eigenvalue weighted by Crippen LogP contribution is 2.34. The third-order valence-electron chi connectivity index (χ3n) is 2.24. The van der Waals surface area contributed by atoms with Crippen LogP contribution < -0.4 is 4.74 Å². The zero-order valence-corrected chi connectivity index (χ0v) is 10.9. The smallest absolute Gasteiger partial charge is 0.315 e. The third kappa shape index (κ3) is 3.64. The molecule has 0 aromatic heterocycles. The lowest BCUT2D eigenvalue weighted by Gasteiger charge is -2.15. The van der Waals surface area contributed by atoms with E-state index in [1.54, 1.807) is 20.1 Å². The summed E-state index contributed by atoms with van der Waals surface area (Å²) in [6, 6.07) is 5.45. The molecule has 0 aliphatic heterocycles. The lowest BCUT2D eigenvalue weighted by atomic mass is 10.1. The molecule has 0 heterocycles. The lowest BCUT2D eigenvalue weighted by Crippen LogP contribution is -2.05. The average Bonchev–Trinajstić information content (AvgIpc) is 2.34. The normalized spacial score (nSPS) is 12.0. The number of aliphatic hydroxyl groups excluding tert-OH is 1. The van der Waals surface area contributed by atoms with Crippen LogP contribution >= 0.6 is 11.8 Å². The quantitative estimate of drug-likeness (QED) is 0.645. The number of hydrogen-bond donors (Lipinski definition) is 1. The molecule has 0 unspecified atom stereocenters. The fourth-order valence-corrected chi connectivity index (χ4v) is 2.43. The van der Waals surface area contributed by atoms with Crippen LogP contribution in [0.1, 0.15) is 18.6 Å². The van der Waals surface area contributed by atoms with Crippen LogP contribution in [0.4, 0.5) is 0 Å². The predicted octanol–water partition coefficient (Wildman–Crippen LogP) is 2.01. The van der Waals surface area contributed by atoms with E-state index in [-0.39, 0.29) is 11.7 Å². The maximum absolute atomic E-state index is 11.1. The molecule has 1 aromatic carbocycles. The van der Waals surface area contributed by atoms with Crippen molar-refractivity contribution >= 4 is 17.7 Å². The second kappa shape index (κ2) is 6.51. The van der Waals surface area contributed by atoms with Crippen molar-refractivity contribution in [2.75, 3.05) is 20.0 Å². The summed E-state index contributed by atoms with van der Waals surface area (Å²) in [6.45, 7) is 1.67. The Labute approximate surface area is 105 Å². The van der Waals surface area contributed by atoms with Gasteiger partial charge in [-0.1, -0.05) is 6.07 Å². The van der Waals surface area contributed by atoms with Gasteiger partial charge in [0.25, 0.3) is 0 Å². The first-order valence-electron chi connectivity index (χ1n) is 5.14. The molecule has 0 saturated carbocycles. The summed E-state index contributed by atoms with van der Waals surface area (Å²) in [5.74, 6) is 0.535. The third-order valence-corrected chi connectivity index (χ3v) is 3.28. The summed E-state index contributed by atoms with van der Waals surface area (Å²) in [5.41, 5.74) is 0.698. The highest BCUT2D eigenvalue weighted by atomic mass is 32.2. The van der Waals surface area contributed by atoms with Gasteiger partial charge in [0, 0.05) is 10.5 Å². The molecule has 1 rings (SSSR count). The number of carbonyl (C=O) groups excluding carboxylic acids is 1. The Hall–Kier alpha value is -1.20. The summed E-state index contributed by atoms with van der Waals surface area (Å²) in [4.78, 5) is 11.9. The number of rotatable bonds is 5. The molecule has 94 valence electrons. The van der Waals surface area contributed by atoms with Gasteiger partial charge >= 0.3 is 5.97 Å². The average molecular weight is 256 g/mol. The topological polar surface area (TPSA) is 55.8 Å². The van der Waals surface area contributed by atoms with Gasteiger partial charge in [-0.05, 0) is 19.1 Å². The van der Waals surface area contributed by atoms with Gasteiger partial charge in [-0.25, -0.2) is 0 Å². The van der Waals surface area contributed by atoms with Crippen LogP contribution in [-0.2, 0) is 9.53 Å². The molecule has 0 spiro atoms. The van der Waals surface area contributed by atoms with Crippen molar-refractivity contribution < 1.29 is 19.4 Å². The molecule has 1 N–H and O–H groups in total. The maximum Gasteiger partial charge on any atom is 0.315 e. The molecular formula is C12H16O4S. The number of thioether (sulfide) groups is 1. The summed E-state index contributed by atoms with van der Waals surface area (Å²) in [5, 5.41) is 9.73. The van der Waals surface area contributed by atoms with Gasteiger partial charge in [-0.3, -0.25) is 4.79 Å². The molecule has 0 aliphatic rings. The van der Waals surface area contributed by atoms with Crippen molar-refractivity contribution in [3.8, 4) is 5.75 Å². The minimum atomic E-state index is -0.647. The standard InChI is InChI=1S/C12H16O4S/c1-8(13)12-9(15-2)5-4-6-10(12)17-7-11(14)16-3/h4-6,8,13H,7H2,1-3H3/t8-/m0/s1. The van der Waals surface area contributed by atoms with Crippen LogP contribution in [-0.4, -0.2) is 31.0 Å². The maximum atomic E-state index is 11.1. The summed E-state index contributed by atoms with van der Waals surface area (Å²) in [6.07, 6.45) is -0.647. The number of benzene rings is 1. The highest BCUT2D eigenvalue weighted by Gasteiger charge is 2.15. The Morgan fingerprint density at radius 1 is 1.47 bits per heavy atom. The summed E-state index contributed by atoms with van der Waals surface area (Å²) >= 11 is 1.32. The minimum Gasteiger partial charge on any atom is -0.496 e. The largest absolute Gasteiger partial charge is 0.496 e. The van der Waals surface area contributed by atoms with Crippen molar-refractivity contribution in [1.82, 2.24) is 0 Å². The lowest BCUT2D eigenvalue weighted by molar-refractivity contribution is -0.137. The number of aliphatic hydroxyl groups is 1. The Morgan fingerprint density at radius 2 is 2.18 bits per heavy atom. The molecule has 4 nitrogen and oxygen atoms in total. The monoisotopic (exact) mass is 256 g/mol. The summed E-state index contributed by atoms with van der Waals surface area (Å²) < 4.78 is 9.77. The van der Waals surface area contributed by atoms with Crippen molar-refractivity contribution in [2.24, 2.45) is 0 Å². The molecule has 0 fully saturated rings. The molecule has 0 radical (unpaired) electrons. The van der Waals surface area contributed by atoms with E-state index in [2.05, 4.69) is 4.74 Å². The minimum absolute atomic E-state index is 0.212. The van der Waals surface area contributed by atoms with Crippen molar-refractivity contribution in [2.45, 2.75) is 17.9 Å². The SMILES string of the molecule is COC(=O)CSc1cccc(OC)c1[C@H](C)O. The van der Waals surface area contributed by atoms with Crippen LogP contribution in [0.25, 0.3) is 0 Å². The Morgan fingerprint density at radius 3 is 2.71 bits per heavy atom. The first-order valence-corrected chi connectivity index (χ1v) is 6.13. The Balaban J connectivity index is 2.94. The van der Waals surface area contributed by atoms with Gasteiger partial charge in [-0.2, -0.15) is 0 Å². The molecule has 0 saturated heterocycles. The molecule has 1 atom stereocenters. The number of hydrogen-bond acceptors (Lipinski definition) is 5. The second-order valence-electron chi connectivity index (χ2n) is 3.41. The molecule has 17 heavy (non-hydrogen) atoms. The first-order chi connectivity index (χ1) is 8.10. The second-order valence-corrected chi connectivity index (χ2v) is 4.43. The van der Waals surface area contributed by atoms with E-state index < -0.39 is 6.10 Å². The van der Waals surface area contributed by atoms with E-state index >= 15 is 0 Å². The van der Waals surface area contributed by atoms with Crippen LogP contribution in [0.3, 0.4) is 0 Å². The number of methoxy groups -OCH3 is 2. The van der Waals surface area contributed by atoms with Crippen LogP contribution in [0.2, 0.25) is 0 Å². The molecule has 0 bridgehead atoms. The van der Waals surface area contributed by atoms with Crippen molar-refractivity contribution in [3.63, 3.8) is 0 Å². The van der Waals surface area contributed by atoms with Gasteiger partial charge < -0.3 is 14.6 Å². The van der Waals surface area contributed by atoms with Crippen molar-refractivity contribution in [1.29, 1.82) is 0 Å². The first kappa shape index (κ1) is 13.9. The fraction of sp³-hybridized carbons (Fsp3) is 0.417. The van der Waals surface area contributed by atoms with E-state index in [4.69, 9.17) is 4.74 Å². The molecule has 5 heteroatoms. The molecule has 0 aliphatic carbocycles. The van der Waals surface area contributed by atoms with E-state index in [0.29, 0.717) is 11.3 Å². The zero-order valence-electron chi connectivity index (χ0n) is 10.1. The number of esters is 1. The predicted molar refractivity (Wildman–Crippen MR) is 66.4 cm³/mol. The fourth-order valence-electron chi connectivity index (χ4n) is 1.44. The van der Waals surface area contributed by atoms with Gasteiger partial charge in [0.2, 0.25) is 0 Å². The zero-order chi connectivity index (χ0) is 12.8. The molecule has 1 aromatic rings. The van der Waals surface area contributed by atoms with E-state index in [0.717, 1.165) is 4.90 Å². The Kier molecular flexibility index (Phi) is 5.31. The number of ether oxygens (including phenoxy) is 2. The highest BCUT2D eigenvalue weighted by molar-refractivity contribution is 8.00. The van der Waals surface area contributed by atoms with Crippen LogP contribution in [0, 0.1) is 0 Å². The molecule has 0 amide bonds. The summed E-state index contributed by atoms with van der Waals surface area (Å²) in [7, 11) is 2.90. The van der Waals surface area contributed by atoms with Crippen molar-refractivity contribution in [3.05, 3.63) is 23.8 Å².